The van der Waals surface area contributed by atoms with Gasteiger partial charge in [-0.05, 0) is 43.0 Å². The molecule has 1 unspecified atom stereocenters. The monoisotopic (exact) mass is 389 g/mol. The molecule has 1 N–H and O–H groups in total. The third-order valence-corrected chi connectivity index (χ3v) is 6.27. The Kier molecular flexibility index (Phi) is 3.57. The zero-order valence-corrected chi connectivity index (χ0v) is 16.4. The minimum absolute atomic E-state index is 0.183. The Hall–Kier alpha value is -3.15. The fraction of sp³-hybridized carbons (Fsp3) is 0.348. The molecule has 1 atom stereocenters. The van der Waals surface area contributed by atoms with Crippen molar-refractivity contribution >= 4 is 28.4 Å². The van der Waals surface area contributed by atoms with E-state index in [-0.39, 0.29) is 12.0 Å². The molecule has 29 heavy (non-hydrogen) atoms. The molecule has 6 heteroatoms. The highest BCUT2D eigenvalue weighted by Crippen LogP contribution is 2.49. The molecule has 0 saturated heterocycles. The number of carbonyl (C=O) groups excluding carboxylic acids is 1. The number of hydrogen-bond acceptors (Lipinski definition) is 5. The lowest BCUT2D eigenvalue weighted by atomic mass is 9.98. The maximum absolute atomic E-state index is 12.1. The van der Waals surface area contributed by atoms with E-state index in [1.165, 1.54) is 36.7 Å². The molecule has 1 aromatic heterocycles. The molecule has 0 spiro atoms. The van der Waals surface area contributed by atoms with Crippen LogP contribution in [0.4, 0.5) is 11.5 Å². The van der Waals surface area contributed by atoms with Gasteiger partial charge >= 0.3 is 5.97 Å². The van der Waals surface area contributed by atoms with Crippen molar-refractivity contribution in [1.29, 1.82) is 0 Å². The normalized spacial score (nSPS) is 19.6. The van der Waals surface area contributed by atoms with Crippen molar-refractivity contribution in [2.75, 3.05) is 24.2 Å². The smallest absolute Gasteiger partial charge is 0.338 e. The van der Waals surface area contributed by atoms with E-state index >= 15 is 0 Å². The zero-order chi connectivity index (χ0) is 19.5. The number of aromatic nitrogens is 1. The standard InChI is InChI=1S/C23H23N3O3/c1-28-23(27)16-10-17-22-19(8-9-29-20(22)11-16)26(24-17)21-12-15-4-2-3-5-18(15)25(21)13-14-6-7-14/h2-5,10-12,14,19,24H,6-9,13H2,1H3. The van der Waals surface area contributed by atoms with Crippen LogP contribution in [0.5, 0.6) is 5.75 Å². The van der Waals surface area contributed by atoms with Crippen LogP contribution >= 0.6 is 0 Å². The number of ether oxygens (including phenoxy) is 2. The van der Waals surface area contributed by atoms with Gasteiger partial charge < -0.3 is 14.0 Å². The van der Waals surface area contributed by atoms with Crippen LogP contribution in [0.3, 0.4) is 0 Å². The van der Waals surface area contributed by atoms with Crippen molar-refractivity contribution in [2.45, 2.75) is 31.8 Å². The van der Waals surface area contributed by atoms with Crippen LogP contribution in [0.15, 0.2) is 42.5 Å². The van der Waals surface area contributed by atoms with Gasteiger partial charge in [0, 0.05) is 29.4 Å². The number of benzene rings is 2. The first-order chi connectivity index (χ1) is 14.2. The average molecular weight is 389 g/mol. The second-order valence-electron chi connectivity index (χ2n) is 8.18. The summed E-state index contributed by atoms with van der Waals surface area (Å²) in [6, 6.07) is 14.7. The van der Waals surface area contributed by atoms with E-state index in [1.807, 2.05) is 12.1 Å². The van der Waals surface area contributed by atoms with Gasteiger partial charge in [-0.25, -0.2) is 4.79 Å². The molecular formula is C23H23N3O3. The summed E-state index contributed by atoms with van der Waals surface area (Å²) in [5.41, 5.74) is 7.41. The van der Waals surface area contributed by atoms with Crippen molar-refractivity contribution < 1.29 is 14.3 Å². The van der Waals surface area contributed by atoms with Gasteiger partial charge in [-0.3, -0.25) is 10.4 Å². The van der Waals surface area contributed by atoms with Crippen LogP contribution in [-0.2, 0) is 11.3 Å². The number of fused-ring (bicyclic) bond motifs is 1. The Bertz CT molecular complexity index is 1130. The number of para-hydroxylation sites is 1. The molecule has 3 aliphatic rings. The third-order valence-electron chi connectivity index (χ3n) is 6.27. The maximum Gasteiger partial charge on any atom is 0.338 e. The molecule has 1 saturated carbocycles. The zero-order valence-electron chi connectivity index (χ0n) is 16.4. The highest BCUT2D eigenvalue weighted by Gasteiger charge is 2.39. The average Bonchev–Trinajstić information content (AvgIpc) is 3.40. The Balaban J connectivity index is 1.47. The van der Waals surface area contributed by atoms with Gasteiger partial charge in [-0.2, -0.15) is 0 Å². The van der Waals surface area contributed by atoms with E-state index in [0.717, 1.165) is 35.9 Å². The van der Waals surface area contributed by atoms with Gasteiger partial charge in [-0.1, -0.05) is 18.2 Å². The highest BCUT2D eigenvalue weighted by molar-refractivity contribution is 5.93. The molecule has 6 rings (SSSR count). The highest BCUT2D eigenvalue weighted by atomic mass is 16.5. The van der Waals surface area contributed by atoms with Gasteiger partial charge in [0.05, 0.1) is 31.0 Å². The maximum atomic E-state index is 12.1. The molecule has 0 amide bonds. The van der Waals surface area contributed by atoms with E-state index in [1.54, 1.807) is 0 Å². The lowest BCUT2D eigenvalue weighted by Gasteiger charge is -2.30. The van der Waals surface area contributed by atoms with Gasteiger partial charge in [0.1, 0.15) is 11.6 Å². The topological polar surface area (TPSA) is 55.7 Å². The van der Waals surface area contributed by atoms with Crippen molar-refractivity contribution in [1.82, 2.24) is 4.57 Å². The summed E-state index contributed by atoms with van der Waals surface area (Å²) >= 11 is 0. The van der Waals surface area contributed by atoms with Crippen molar-refractivity contribution in [3.8, 4) is 5.75 Å². The Morgan fingerprint density at radius 3 is 2.90 bits per heavy atom. The molecule has 148 valence electrons. The number of nitrogens with zero attached hydrogens (tertiary/aromatic N) is 2. The van der Waals surface area contributed by atoms with Crippen molar-refractivity contribution in [3.63, 3.8) is 0 Å². The molecule has 1 fully saturated rings. The van der Waals surface area contributed by atoms with E-state index in [4.69, 9.17) is 9.47 Å². The van der Waals surface area contributed by atoms with Gasteiger partial charge in [0.25, 0.3) is 0 Å². The number of nitrogens with one attached hydrogen (secondary N) is 1. The number of rotatable bonds is 4. The predicted molar refractivity (Wildman–Crippen MR) is 111 cm³/mol. The van der Waals surface area contributed by atoms with E-state index in [0.29, 0.717) is 12.2 Å². The molecule has 0 radical (unpaired) electrons. The summed E-state index contributed by atoms with van der Waals surface area (Å²) in [4.78, 5) is 12.1. The fourth-order valence-electron chi connectivity index (χ4n) is 4.67. The van der Waals surface area contributed by atoms with Crippen LogP contribution < -0.4 is 15.2 Å². The number of anilines is 2. The van der Waals surface area contributed by atoms with Crippen molar-refractivity contribution in [2.24, 2.45) is 5.92 Å². The first-order valence-electron chi connectivity index (χ1n) is 10.3. The number of hydrogen-bond donors (Lipinski definition) is 1. The summed E-state index contributed by atoms with van der Waals surface area (Å²) < 4.78 is 13.3. The molecule has 1 aliphatic carbocycles. The second kappa shape index (κ2) is 6.17. The van der Waals surface area contributed by atoms with Crippen LogP contribution in [-0.4, -0.2) is 24.3 Å². The second-order valence-corrected chi connectivity index (χ2v) is 8.18. The Labute approximate surface area is 169 Å². The van der Waals surface area contributed by atoms with E-state index in [9.17, 15) is 4.79 Å². The van der Waals surface area contributed by atoms with Crippen LogP contribution in [0, 0.1) is 5.92 Å². The minimum Gasteiger partial charge on any atom is -0.493 e. The lowest BCUT2D eigenvalue weighted by Crippen LogP contribution is -2.32. The van der Waals surface area contributed by atoms with Crippen LogP contribution in [0.25, 0.3) is 10.9 Å². The number of esters is 1. The van der Waals surface area contributed by atoms with Gasteiger partial charge in [0.2, 0.25) is 0 Å². The molecule has 2 aromatic carbocycles. The largest absolute Gasteiger partial charge is 0.493 e. The first kappa shape index (κ1) is 16.8. The fourth-order valence-corrected chi connectivity index (χ4v) is 4.67. The van der Waals surface area contributed by atoms with E-state index in [2.05, 4.69) is 45.3 Å². The van der Waals surface area contributed by atoms with Gasteiger partial charge in [-0.15, -0.1) is 0 Å². The summed E-state index contributed by atoms with van der Waals surface area (Å²) in [6.45, 7) is 1.67. The van der Waals surface area contributed by atoms with Gasteiger partial charge in [0.15, 0.2) is 0 Å². The summed E-state index contributed by atoms with van der Waals surface area (Å²) in [5.74, 6) is 2.37. The molecule has 0 bridgehead atoms. The number of methoxy groups -OCH3 is 1. The Morgan fingerprint density at radius 2 is 2.07 bits per heavy atom. The molecule has 3 heterocycles. The molecule has 2 aliphatic heterocycles. The minimum atomic E-state index is -0.349. The van der Waals surface area contributed by atoms with Crippen LogP contribution in [0.1, 0.15) is 41.2 Å². The number of carbonyl (C=O) groups is 1. The molecule has 3 aromatic rings. The third kappa shape index (κ3) is 2.58. The first-order valence-corrected chi connectivity index (χ1v) is 10.3. The Morgan fingerprint density at radius 1 is 1.21 bits per heavy atom. The van der Waals surface area contributed by atoms with Crippen molar-refractivity contribution in [3.05, 3.63) is 53.6 Å². The number of hydrazine groups is 1. The summed E-state index contributed by atoms with van der Waals surface area (Å²) in [5, 5.41) is 3.52. The lowest BCUT2D eigenvalue weighted by molar-refractivity contribution is 0.0600. The predicted octanol–water partition coefficient (Wildman–Crippen LogP) is 4.51. The SMILES string of the molecule is COC(=O)c1cc2c3c(c1)OCCC3N(c1cc3ccccc3n1CC1CC1)N2. The van der Waals surface area contributed by atoms with E-state index < -0.39 is 0 Å². The summed E-state index contributed by atoms with van der Waals surface area (Å²) in [7, 11) is 1.40. The van der Waals surface area contributed by atoms with Crippen LogP contribution in [0.2, 0.25) is 0 Å². The molecular weight excluding hydrogens is 366 g/mol. The quantitative estimate of drug-likeness (QED) is 0.666. The summed E-state index contributed by atoms with van der Waals surface area (Å²) in [6.07, 6.45) is 3.52. The molecule has 6 nitrogen and oxygen atoms in total.